The Kier molecular flexibility index (Phi) is 8.93. The summed E-state index contributed by atoms with van der Waals surface area (Å²) in [6.45, 7) is 11.5. The van der Waals surface area contributed by atoms with E-state index < -0.39 is 8.07 Å². The summed E-state index contributed by atoms with van der Waals surface area (Å²) in [7, 11) is -1.48. The molecule has 6 aromatic rings. The fourth-order valence-electron chi connectivity index (χ4n) is 5.32. The summed E-state index contributed by atoms with van der Waals surface area (Å²) in [4.78, 5) is 9.07. The van der Waals surface area contributed by atoms with Crippen molar-refractivity contribution in [1.29, 1.82) is 0 Å². The third-order valence-electron chi connectivity index (χ3n) is 7.79. The van der Waals surface area contributed by atoms with Gasteiger partial charge in [0.1, 0.15) is 5.58 Å². The largest absolute Gasteiger partial charge is 0.501 e. The maximum absolute atomic E-state index is 6.34. The number of hydrogen-bond acceptors (Lipinski definition) is 3. The smallest absolute Gasteiger partial charge is 0.120 e. The fraction of sp³-hybridized carbons (Fsp3) is 0.243. The molecule has 7 rings (SSSR count). The van der Waals surface area contributed by atoms with E-state index in [9.17, 15) is 0 Å². The van der Waals surface area contributed by atoms with Crippen molar-refractivity contribution < 1.29 is 24.5 Å². The molecule has 1 radical (unpaired) electrons. The van der Waals surface area contributed by atoms with Gasteiger partial charge in [-0.1, -0.05) is 85.5 Å². The standard InChI is InChI=1S/C23H22NOSi.C14H14N.Ir/c1-26(2,3)21-9-5-8-20-22(21)18-7-4-6-17(23(18)25-20)19-14-16(12-13-24-19)15-10-11-15;1-11(2)13-8-9-14(15-10-13)12-6-4-3-5-7-12;/h4-5,7-9,12-15H,10-11H2,1-3H3;3-6,8-11H,1-2H3;/q2*-1;. The molecule has 1 saturated carbocycles. The second-order valence-corrected chi connectivity index (χ2v) is 17.3. The van der Waals surface area contributed by atoms with E-state index in [4.69, 9.17) is 4.42 Å². The van der Waals surface area contributed by atoms with Gasteiger partial charge in [0.25, 0.3) is 0 Å². The van der Waals surface area contributed by atoms with Crippen LogP contribution in [0.1, 0.15) is 49.7 Å². The van der Waals surface area contributed by atoms with E-state index in [0.717, 1.165) is 33.7 Å². The van der Waals surface area contributed by atoms with Gasteiger partial charge in [0.15, 0.2) is 0 Å². The molecule has 0 atom stereocenters. The normalized spacial score (nSPS) is 13.1. The van der Waals surface area contributed by atoms with Crippen LogP contribution in [0, 0.1) is 12.1 Å². The molecule has 0 saturated heterocycles. The van der Waals surface area contributed by atoms with Gasteiger partial charge in [0.2, 0.25) is 0 Å². The van der Waals surface area contributed by atoms with Crippen molar-refractivity contribution in [3.8, 4) is 22.5 Å². The Morgan fingerprint density at radius 2 is 1.69 bits per heavy atom. The Morgan fingerprint density at radius 3 is 2.36 bits per heavy atom. The number of furan rings is 1. The van der Waals surface area contributed by atoms with E-state index in [1.165, 1.54) is 39.9 Å². The summed E-state index contributed by atoms with van der Waals surface area (Å²) in [6.07, 6.45) is 6.45. The summed E-state index contributed by atoms with van der Waals surface area (Å²) in [5.41, 5.74) is 8.52. The number of benzene rings is 3. The number of hydrogen-bond donors (Lipinski definition) is 0. The monoisotopic (exact) mass is 745 g/mol. The minimum Gasteiger partial charge on any atom is -0.501 e. The van der Waals surface area contributed by atoms with Crippen molar-refractivity contribution in [3.05, 3.63) is 115 Å². The van der Waals surface area contributed by atoms with Gasteiger partial charge in [0, 0.05) is 37.9 Å². The average Bonchev–Trinajstić information content (AvgIpc) is 3.77. The zero-order valence-corrected chi connectivity index (χ0v) is 28.3. The molecule has 3 aromatic heterocycles. The Labute approximate surface area is 263 Å². The SMILES string of the molecule is CC(C)c1ccc(-c2[c-]cccc2)nc1.C[Si](C)(C)c1cccc2oc3c(-c4cc(C5CC5)ccn4)[c-]ccc3c12.[Ir]. The van der Waals surface area contributed by atoms with E-state index in [2.05, 4.69) is 104 Å². The van der Waals surface area contributed by atoms with Crippen molar-refractivity contribution in [1.82, 2.24) is 9.97 Å². The van der Waals surface area contributed by atoms with Crippen LogP contribution in [0.15, 0.2) is 95.7 Å². The van der Waals surface area contributed by atoms with Crippen LogP contribution < -0.4 is 5.19 Å². The summed E-state index contributed by atoms with van der Waals surface area (Å²) < 4.78 is 6.34. The zero-order valence-electron chi connectivity index (χ0n) is 24.9. The first-order valence-corrected chi connectivity index (χ1v) is 18.1. The van der Waals surface area contributed by atoms with Gasteiger partial charge in [-0.05, 0) is 53.8 Å². The molecule has 3 aromatic carbocycles. The summed E-state index contributed by atoms with van der Waals surface area (Å²) in [5, 5.41) is 3.91. The molecular formula is C37H36IrN2OSi-2. The molecule has 1 aliphatic carbocycles. The van der Waals surface area contributed by atoms with E-state index in [0.29, 0.717) is 11.8 Å². The van der Waals surface area contributed by atoms with Crippen LogP contribution in [0.2, 0.25) is 19.6 Å². The maximum atomic E-state index is 6.34. The molecule has 0 aliphatic heterocycles. The third-order valence-corrected chi connectivity index (χ3v) is 9.82. The van der Waals surface area contributed by atoms with Crippen molar-refractivity contribution in [3.63, 3.8) is 0 Å². The molecular weight excluding hydrogens is 709 g/mol. The number of fused-ring (bicyclic) bond motifs is 3. The van der Waals surface area contributed by atoms with Crippen molar-refractivity contribution in [2.75, 3.05) is 0 Å². The molecule has 3 nitrogen and oxygen atoms in total. The Balaban J connectivity index is 0.000000189. The van der Waals surface area contributed by atoms with Crippen LogP contribution in [0.25, 0.3) is 44.5 Å². The van der Waals surface area contributed by atoms with E-state index in [-0.39, 0.29) is 20.1 Å². The Bertz CT molecular complexity index is 1800. The minimum absolute atomic E-state index is 0. The van der Waals surface area contributed by atoms with Crippen LogP contribution in [-0.2, 0) is 20.1 Å². The average molecular weight is 745 g/mol. The molecule has 0 amide bonds. The number of nitrogens with zero attached hydrogens (tertiary/aromatic N) is 2. The first-order chi connectivity index (χ1) is 19.8. The van der Waals surface area contributed by atoms with E-state index >= 15 is 0 Å². The quantitative estimate of drug-likeness (QED) is 0.130. The first kappa shape index (κ1) is 30.1. The molecule has 0 spiro atoms. The second kappa shape index (κ2) is 12.5. The van der Waals surface area contributed by atoms with Gasteiger partial charge < -0.3 is 14.4 Å². The predicted molar refractivity (Wildman–Crippen MR) is 173 cm³/mol. The molecule has 0 unspecified atom stereocenters. The van der Waals surface area contributed by atoms with Crippen LogP contribution in [-0.4, -0.2) is 18.0 Å². The van der Waals surface area contributed by atoms with Crippen LogP contribution in [0.3, 0.4) is 0 Å². The summed E-state index contributed by atoms with van der Waals surface area (Å²) in [6, 6.07) is 33.6. The predicted octanol–water partition coefficient (Wildman–Crippen LogP) is 9.54. The molecule has 0 bridgehead atoms. The molecule has 42 heavy (non-hydrogen) atoms. The van der Waals surface area contributed by atoms with Gasteiger partial charge in [-0.25, -0.2) is 0 Å². The van der Waals surface area contributed by atoms with Crippen LogP contribution >= 0.6 is 0 Å². The van der Waals surface area contributed by atoms with Gasteiger partial charge in [-0.2, -0.15) is 0 Å². The second-order valence-electron chi connectivity index (χ2n) is 12.3. The van der Waals surface area contributed by atoms with Crippen molar-refractivity contribution in [2.24, 2.45) is 0 Å². The summed E-state index contributed by atoms with van der Waals surface area (Å²) >= 11 is 0. The van der Waals surface area contributed by atoms with E-state index in [1.807, 2.05) is 42.7 Å². The maximum Gasteiger partial charge on any atom is 0.120 e. The minimum atomic E-state index is -1.48. The molecule has 0 N–H and O–H groups in total. The van der Waals surface area contributed by atoms with Crippen LogP contribution in [0.4, 0.5) is 0 Å². The fourth-order valence-corrected chi connectivity index (χ4v) is 6.92. The number of aromatic nitrogens is 2. The first-order valence-electron chi connectivity index (χ1n) is 14.6. The van der Waals surface area contributed by atoms with Crippen molar-refractivity contribution in [2.45, 2.75) is 58.2 Å². The van der Waals surface area contributed by atoms with Crippen molar-refractivity contribution >= 4 is 35.2 Å². The number of rotatable bonds is 5. The molecule has 1 fully saturated rings. The zero-order chi connectivity index (χ0) is 28.6. The van der Waals surface area contributed by atoms with Gasteiger partial charge in [-0.3, -0.25) is 0 Å². The van der Waals surface area contributed by atoms with Gasteiger partial charge >= 0.3 is 0 Å². The van der Waals surface area contributed by atoms with Gasteiger partial charge in [0.05, 0.1) is 13.7 Å². The van der Waals surface area contributed by atoms with Crippen LogP contribution in [0.5, 0.6) is 0 Å². The van der Waals surface area contributed by atoms with E-state index in [1.54, 1.807) is 0 Å². The number of pyridine rings is 2. The third kappa shape index (κ3) is 6.34. The molecule has 215 valence electrons. The molecule has 5 heteroatoms. The Morgan fingerprint density at radius 1 is 0.857 bits per heavy atom. The Hall–Kier alpha value is -3.37. The molecule has 3 heterocycles. The van der Waals surface area contributed by atoms with Gasteiger partial charge in [-0.15, -0.1) is 54.1 Å². The molecule has 1 aliphatic rings. The summed E-state index contributed by atoms with van der Waals surface area (Å²) in [5.74, 6) is 1.25. The topological polar surface area (TPSA) is 38.9 Å².